The van der Waals surface area contributed by atoms with E-state index < -0.39 is 5.82 Å². The Hall–Kier alpha value is -1.95. The summed E-state index contributed by atoms with van der Waals surface area (Å²) in [7, 11) is 0. The van der Waals surface area contributed by atoms with Crippen LogP contribution in [0.1, 0.15) is 24.2 Å². The number of nitrogens with zero attached hydrogens (tertiary/aromatic N) is 2. The Morgan fingerprint density at radius 2 is 2.28 bits per heavy atom. The number of hydrogen-bond acceptors (Lipinski definition) is 5. The molecule has 2 aromatic rings. The van der Waals surface area contributed by atoms with E-state index in [4.69, 9.17) is 15.0 Å². The van der Waals surface area contributed by atoms with Crippen LogP contribution < -0.4 is 10.5 Å². The lowest BCUT2D eigenvalue weighted by atomic mass is 10.2. The van der Waals surface area contributed by atoms with E-state index in [0.29, 0.717) is 30.2 Å². The third-order valence-corrected chi connectivity index (χ3v) is 2.41. The molecule has 1 aromatic carbocycles. The van der Waals surface area contributed by atoms with Crippen LogP contribution in [0.4, 0.5) is 4.39 Å². The van der Waals surface area contributed by atoms with Crippen LogP contribution in [0.2, 0.25) is 0 Å². The Labute approximate surface area is 104 Å². The maximum absolute atomic E-state index is 13.6. The number of benzene rings is 1. The lowest BCUT2D eigenvalue weighted by molar-refractivity contribution is 0.234. The van der Waals surface area contributed by atoms with Gasteiger partial charge in [0.05, 0.1) is 0 Å². The second-order valence-electron chi connectivity index (χ2n) is 3.72. The molecule has 0 atom stereocenters. The highest BCUT2D eigenvalue weighted by molar-refractivity contribution is 5.29. The zero-order valence-electron chi connectivity index (χ0n) is 10.0. The van der Waals surface area contributed by atoms with Gasteiger partial charge < -0.3 is 15.0 Å². The van der Waals surface area contributed by atoms with Gasteiger partial charge in [-0.15, -0.1) is 0 Å². The Morgan fingerprint density at radius 3 is 2.89 bits per heavy atom. The van der Waals surface area contributed by atoms with E-state index in [1.165, 1.54) is 12.1 Å². The number of aryl methyl sites for hydroxylation is 1. The van der Waals surface area contributed by atoms with Crippen LogP contribution in [0, 0.1) is 5.82 Å². The fourth-order valence-corrected chi connectivity index (χ4v) is 1.42. The number of aromatic nitrogens is 2. The summed E-state index contributed by atoms with van der Waals surface area (Å²) in [6, 6.07) is 4.60. The number of hydrogen-bond donors (Lipinski definition) is 1. The van der Waals surface area contributed by atoms with E-state index in [9.17, 15) is 4.39 Å². The van der Waals surface area contributed by atoms with Crippen molar-refractivity contribution in [3.05, 3.63) is 41.3 Å². The average molecular weight is 251 g/mol. The van der Waals surface area contributed by atoms with Crippen LogP contribution in [0.5, 0.6) is 5.75 Å². The van der Waals surface area contributed by atoms with Crippen molar-refractivity contribution in [3.63, 3.8) is 0 Å². The quantitative estimate of drug-likeness (QED) is 0.877. The van der Waals surface area contributed by atoms with Gasteiger partial charge in [0, 0.05) is 13.0 Å². The van der Waals surface area contributed by atoms with Crippen molar-refractivity contribution in [2.45, 2.75) is 26.5 Å². The van der Waals surface area contributed by atoms with E-state index in [1.54, 1.807) is 6.07 Å². The van der Waals surface area contributed by atoms with Crippen LogP contribution in [-0.4, -0.2) is 10.1 Å². The Morgan fingerprint density at radius 1 is 1.44 bits per heavy atom. The predicted molar refractivity (Wildman–Crippen MR) is 62.3 cm³/mol. The van der Waals surface area contributed by atoms with Gasteiger partial charge in [0.1, 0.15) is 0 Å². The lowest BCUT2D eigenvalue weighted by Crippen LogP contribution is -2.01. The standard InChI is InChI=1S/C12H14FN3O2/c1-2-11-15-12(18-16-11)7-17-10-4-3-8(6-14)5-9(10)13/h3-5H,2,6-7,14H2,1H3. The molecule has 0 radical (unpaired) electrons. The summed E-state index contributed by atoms with van der Waals surface area (Å²) in [5, 5.41) is 3.72. The van der Waals surface area contributed by atoms with Crippen molar-refractivity contribution in [3.8, 4) is 5.75 Å². The van der Waals surface area contributed by atoms with Gasteiger partial charge in [-0.05, 0) is 17.7 Å². The normalized spacial score (nSPS) is 10.6. The highest BCUT2D eigenvalue weighted by Gasteiger charge is 2.08. The first-order chi connectivity index (χ1) is 8.72. The zero-order chi connectivity index (χ0) is 13.0. The molecule has 2 rings (SSSR count). The molecule has 0 aliphatic rings. The molecular weight excluding hydrogens is 237 g/mol. The SMILES string of the molecule is CCc1noc(COc2ccc(CN)cc2F)n1. The van der Waals surface area contributed by atoms with Crippen molar-refractivity contribution in [1.29, 1.82) is 0 Å². The molecule has 0 amide bonds. The average Bonchev–Trinajstić information content (AvgIpc) is 2.85. The summed E-state index contributed by atoms with van der Waals surface area (Å²) in [5.41, 5.74) is 6.12. The first kappa shape index (κ1) is 12.5. The largest absolute Gasteiger partial charge is 0.481 e. The molecule has 1 aromatic heterocycles. The molecule has 6 heteroatoms. The molecule has 0 saturated carbocycles. The first-order valence-corrected chi connectivity index (χ1v) is 5.65. The maximum atomic E-state index is 13.6. The third kappa shape index (κ3) is 2.84. The monoisotopic (exact) mass is 251 g/mol. The molecule has 0 aliphatic heterocycles. The molecule has 18 heavy (non-hydrogen) atoms. The predicted octanol–water partition coefficient (Wildman–Crippen LogP) is 1.81. The topological polar surface area (TPSA) is 74.2 Å². The molecule has 0 fully saturated rings. The zero-order valence-corrected chi connectivity index (χ0v) is 10.0. The summed E-state index contributed by atoms with van der Waals surface area (Å²) in [6.45, 7) is 2.26. The van der Waals surface area contributed by atoms with Crippen molar-refractivity contribution in [1.82, 2.24) is 10.1 Å². The summed E-state index contributed by atoms with van der Waals surface area (Å²) in [4.78, 5) is 4.06. The number of rotatable bonds is 5. The molecule has 0 spiro atoms. The van der Waals surface area contributed by atoms with Crippen LogP contribution in [0.25, 0.3) is 0 Å². The van der Waals surface area contributed by atoms with Crippen molar-refractivity contribution < 1.29 is 13.7 Å². The first-order valence-electron chi connectivity index (χ1n) is 5.65. The molecule has 0 bridgehead atoms. The summed E-state index contributed by atoms with van der Waals surface area (Å²) < 4.78 is 23.8. The van der Waals surface area contributed by atoms with Crippen LogP contribution in [-0.2, 0) is 19.6 Å². The van der Waals surface area contributed by atoms with E-state index in [0.717, 1.165) is 0 Å². The van der Waals surface area contributed by atoms with Gasteiger partial charge >= 0.3 is 0 Å². The minimum Gasteiger partial charge on any atom is -0.481 e. The highest BCUT2D eigenvalue weighted by atomic mass is 19.1. The molecule has 0 saturated heterocycles. The Bertz CT molecular complexity index is 528. The van der Waals surface area contributed by atoms with Gasteiger partial charge in [0.2, 0.25) is 0 Å². The van der Waals surface area contributed by atoms with Crippen molar-refractivity contribution in [2.24, 2.45) is 5.73 Å². The highest BCUT2D eigenvalue weighted by Crippen LogP contribution is 2.19. The van der Waals surface area contributed by atoms with Gasteiger partial charge in [0.15, 0.2) is 24.0 Å². The van der Waals surface area contributed by atoms with E-state index >= 15 is 0 Å². The third-order valence-electron chi connectivity index (χ3n) is 2.41. The molecule has 96 valence electrons. The second kappa shape index (κ2) is 5.59. The minimum absolute atomic E-state index is 0.0475. The number of ether oxygens (including phenoxy) is 1. The molecule has 0 aliphatic carbocycles. The maximum Gasteiger partial charge on any atom is 0.264 e. The van der Waals surface area contributed by atoms with E-state index in [-0.39, 0.29) is 12.4 Å². The minimum atomic E-state index is -0.451. The number of nitrogens with two attached hydrogens (primary N) is 1. The van der Waals surface area contributed by atoms with Crippen LogP contribution >= 0.6 is 0 Å². The molecule has 5 nitrogen and oxygen atoms in total. The van der Waals surface area contributed by atoms with Crippen molar-refractivity contribution in [2.75, 3.05) is 0 Å². The van der Waals surface area contributed by atoms with Gasteiger partial charge in [0.25, 0.3) is 5.89 Å². The van der Waals surface area contributed by atoms with Gasteiger partial charge in [-0.1, -0.05) is 18.1 Å². The van der Waals surface area contributed by atoms with E-state index in [1.807, 2.05) is 6.92 Å². The van der Waals surface area contributed by atoms with Gasteiger partial charge in [-0.25, -0.2) is 4.39 Å². The van der Waals surface area contributed by atoms with E-state index in [2.05, 4.69) is 10.1 Å². The fraction of sp³-hybridized carbons (Fsp3) is 0.333. The summed E-state index contributed by atoms with van der Waals surface area (Å²) in [6.07, 6.45) is 0.684. The van der Waals surface area contributed by atoms with Gasteiger partial charge in [-0.2, -0.15) is 4.98 Å². The lowest BCUT2D eigenvalue weighted by Gasteiger charge is -2.05. The van der Waals surface area contributed by atoms with Gasteiger partial charge in [-0.3, -0.25) is 0 Å². The molecular formula is C12H14FN3O2. The van der Waals surface area contributed by atoms with Crippen molar-refractivity contribution >= 4 is 0 Å². The molecule has 1 heterocycles. The summed E-state index contributed by atoms with van der Waals surface area (Å²) in [5.74, 6) is 0.623. The number of halogens is 1. The molecule has 0 unspecified atom stereocenters. The van der Waals surface area contributed by atoms with Crippen LogP contribution in [0.15, 0.2) is 22.7 Å². The summed E-state index contributed by atoms with van der Waals surface area (Å²) >= 11 is 0. The second-order valence-corrected chi connectivity index (χ2v) is 3.72. The Kier molecular flexibility index (Phi) is 3.88. The fourth-order valence-electron chi connectivity index (χ4n) is 1.42. The smallest absolute Gasteiger partial charge is 0.264 e. The van der Waals surface area contributed by atoms with Crippen LogP contribution in [0.3, 0.4) is 0 Å². The Balaban J connectivity index is 2.01. The molecule has 2 N–H and O–H groups in total.